The van der Waals surface area contributed by atoms with Crippen molar-refractivity contribution in [1.82, 2.24) is 20.4 Å². The number of aryl methyl sites for hydroxylation is 2. The first-order valence-corrected chi connectivity index (χ1v) is 13.2. The van der Waals surface area contributed by atoms with E-state index in [0.29, 0.717) is 25.4 Å². The van der Waals surface area contributed by atoms with Crippen molar-refractivity contribution < 1.29 is 14.1 Å². The highest BCUT2D eigenvalue weighted by Gasteiger charge is 2.33. The predicted octanol–water partition coefficient (Wildman–Crippen LogP) is 5.78. The van der Waals surface area contributed by atoms with Gasteiger partial charge in [0.15, 0.2) is 0 Å². The monoisotopic (exact) mass is 498 g/mol. The fourth-order valence-corrected chi connectivity index (χ4v) is 4.55. The Morgan fingerprint density at radius 3 is 2.40 bits per heavy atom. The molecular formula is C27H38N4O3S. The van der Waals surface area contributed by atoms with Gasteiger partial charge in [-0.05, 0) is 43.7 Å². The third-order valence-corrected chi connectivity index (χ3v) is 6.43. The number of carbonyl (C=O) groups is 2. The van der Waals surface area contributed by atoms with Gasteiger partial charge >= 0.3 is 0 Å². The minimum atomic E-state index is -0.324. The summed E-state index contributed by atoms with van der Waals surface area (Å²) in [5.41, 5.74) is 6.01. The molecule has 35 heavy (non-hydrogen) atoms. The molecule has 2 amide bonds. The van der Waals surface area contributed by atoms with Crippen LogP contribution in [0.25, 0.3) is 10.4 Å². The van der Waals surface area contributed by atoms with E-state index in [0.717, 1.165) is 35.4 Å². The van der Waals surface area contributed by atoms with Crippen molar-refractivity contribution in [2.45, 2.75) is 73.4 Å². The molecule has 1 aromatic carbocycles. The molecule has 3 aromatic rings. The summed E-state index contributed by atoms with van der Waals surface area (Å²) in [6, 6.07) is 9.68. The number of rotatable bonds is 6. The van der Waals surface area contributed by atoms with Gasteiger partial charge in [-0.3, -0.25) is 9.59 Å². The summed E-state index contributed by atoms with van der Waals surface area (Å²) in [6.45, 7) is 13.1. The molecule has 0 bridgehead atoms. The SMILES string of the molecule is CC.Cc1ccon1.Cc1ncsc1-c1ccc(CNC(=O)C2CCCN2C(=O)CC(C)C)cc1. The van der Waals surface area contributed by atoms with Crippen molar-refractivity contribution in [3.8, 4) is 10.4 Å². The van der Waals surface area contributed by atoms with E-state index < -0.39 is 0 Å². The average molecular weight is 499 g/mol. The van der Waals surface area contributed by atoms with Crippen LogP contribution in [0.5, 0.6) is 0 Å². The predicted molar refractivity (Wildman–Crippen MR) is 141 cm³/mol. The van der Waals surface area contributed by atoms with Crippen LogP contribution in [0.4, 0.5) is 0 Å². The lowest BCUT2D eigenvalue weighted by molar-refractivity contribution is -0.139. The topological polar surface area (TPSA) is 88.3 Å². The Hall–Kier alpha value is -3.00. The minimum Gasteiger partial charge on any atom is -0.365 e. The molecule has 190 valence electrons. The molecule has 1 saturated heterocycles. The second-order valence-electron chi connectivity index (χ2n) is 8.67. The molecule has 0 radical (unpaired) electrons. The van der Waals surface area contributed by atoms with Gasteiger partial charge in [0.05, 0.1) is 21.8 Å². The third-order valence-electron chi connectivity index (χ3n) is 5.45. The van der Waals surface area contributed by atoms with Gasteiger partial charge in [0.2, 0.25) is 11.8 Å². The summed E-state index contributed by atoms with van der Waals surface area (Å²) in [5.74, 6) is 0.349. The first kappa shape index (κ1) is 28.2. The number of hydrogen-bond acceptors (Lipinski definition) is 6. The summed E-state index contributed by atoms with van der Waals surface area (Å²) in [4.78, 5) is 32.2. The number of amides is 2. The number of nitrogens with one attached hydrogen (secondary N) is 1. The van der Waals surface area contributed by atoms with Crippen molar-refractivity contribution in [3.63, 3.8) is 0 Å². The van der Waals surface area contributed by atoms with Gasteiger partial charge in [0.25, 0.3) is 0 Å². The summed E-state index contributed by atoms with van der Waals surface area (Å²) in [7, 11) is 0. The highest BCUT2D eigenvalue weighted by atomic mass is 32.1. The van der Waals surface area contributed by atoms with Crippen LogP contribution in [0.3, 0.4) is 0 Å². The summed E-state index contributed by atoms with van der Waals surface area (Å²) < 4.78 is 4.46. The van der Waals surface area contributed by atoms with E-state index in [4.69, 9.17) is 0 Å². The zero-order chi connectivity index (χ0) is 25.8. The largest absolute Gasteiger partial charge is 0.365 e. The molecule has 0 saturated carbocycles. The zero-order valence-electron chi connectivity index (χ0n) is 21.7. The maximum absolute atomic E-state index is 12.6. The number of benzene rings is 1. The van der Waals surface area contributed by atoms with Crippen molar-refractivity contribution in [3.05, 3.63) is 59.1 Å². The fourth-order valence-electron chi connectivity index (χ4n) is 3.74. The molecule has 0 aliphatic carbocycles. The highest BCUT2D eigenvalue weighted by molar-refractivity contribution is 7.13. The third kappa shape index (κ3) is 8.62. The van der Waals surface area contributed by atoms with E-state index in [1.807, 2.05) is 59.2 Å². The lowest BCUT2D eigenvalue weighted by Crippen LogP contribution is -2.46. The van der Waals surface area contributed by atoms with E-state index in [9.17, 15) is 9.59 Å². The van der Waals surface area contributed by atoms with E-state index in [1.165, 1.54) is 4.88 Å². The summed E-state index contributed by atoms with van der Waals surface area (Å²) in [5, 5.41) is 6.54. The Morgan fingerprint density at radius 1 is 1.17 bits per heavy atom. The van der Waals surface area contributed by atoms with E-state index in [1.54, 1.807) is 28.6 Å². The Kier molecular flexibility index (Phi) is 11.6. The molecular weight excluding hydrogens is 460 g/mol. The molecule has 1 atom stereocenters. The second-order valence-corrected chi connectivity index (χ2v) is 9.52. The normalized spacial score (nSPS) is 14.6. The molecule has 1 N–H and O–H groups in total. The fraction of sp³-hybridized carbons (Fsp3) is 0.481. The van der Waals surface area contributed by atoms with Crippen LogP contribution in [0.2, 0.25) is 0 Å². The number of likely N-dealkylation sites (tertiary alicyclic amines) is 1. The summed E-state index contributed by atoms with van der Waals surface area (Å²) >= 11 is 1.63. The van der Waals surface area contributed by atoms with E-state index in [2.05, 4.69) is 32.1 Å². The van der Waals surface area contributed by atoms with Crippen LogP contribution in [-0.2, 0) is 16.1 Å². The second kappa shape index (κ2) is 14.4. The van der Waals surface area contributed by atoms with Crippen LogP contribution >= 0.6 is 11.3 Å². The maximum atomic E-state index is 12.6. The van der Waals surface area contributed by atoms with E-state index in [-0.39, 0.29) is 17.9 Å². The average Bonchev–Trinajstić information content (AvgIpc) is 3.61. The zero-order valence-corrected chi connectivity index (χ0v) is 22.5. The van der Waals surface area contributed by atoms with Crippen LogP contribution in [0.15, 0.2) is 46.6 Å². The van der Waals surface area contributed by atoms with Gasteiger partial charge < -0.3 is 14.7 Å². The Labute approximate surface area is 212 Å². The van der Waals surface area contributed by atoms with Gasteiger partial charge in [-0.15, -0.1) is 11.3 Å². The van der Waals surface area contributed by atoms with Crippen LogP contribution in [-0.4, -0.2) is 39.4 Å². The first-order chi connectivity index (χ1) is 16.8. The Morgan fingerprint density at radius 2 is 1.89 bits per heavy atom. The summed E-state index contributed by atoms with van der Waals surface area (Å²) in [6.07, 6.45) is 3.70. The van der Waals surface area contributed by atoms with Gasteiger partial charge in [-0.1, -0.05) is 57.1 Å². The van der Waals surface area contributed by atoms with Crippen molar-refractivity contribution in [2.24, 2.45) is 5.92 Å². The molecule has 1 aliphatic rings. The van der Waals surface area contributed by atoms with Crippen LogP contribution < -0.4 is 5.32 Å². The molecule has 1 fully saturated rings. The lowest BCUT2D eigenvalue weighted by atomic mass is 10.1. The van der Waals surface area contributed by atoms with Crippen molar-refractivity contribution >= 4 is 23.2 Å². The molecule has 4 rings (SSSR count). The molecule has 3 heterocycles. The molecule has 0 spiro atoms. The number of thiazole rings is 1. The van der Waals surface area contributed by atoms with Crippen molar-refractivity contribution in [2.75, 3.05) is 6.54 Å². The van der Waals surface area contributed by atoms with Crippen LogP contribution in [0, 0.1) is 19.8 Å². The number of carbonyl (C=O) groups excluding carboxylic acids is 2. The lowest BCUT2D eigenvalue weighted by Gasteiger charge is -2.24. The smallest absolute Gasteiger partial charge is 0.243 e. The van der Waals surface area contributed by atoms with Gasteiger partial charge in [0, 0.05) is 25.6 Å². The van der Waals surface area contributed by atoms with Crippen molar-refractivity contribution in [1.29, 1.82) is 0 Å². The molecule has 8 heteroatoms. The molecule has 7 nitrogen and oxygen atoms in total. The highest BCUT2D eigenvalue weighted by Crippen LogP contribution is 2.27. The first-order valence-electron chi connectivity index (χ1n) is 12.3. The van der Waals surface area contributed by atoms with Gasteiger partial charge in [0.1, 0.15) is 12.3 Å². The Balaban J connectivity index is 0.000000463. The van der Waals surface area contributed by atoms with Crippen LogP contribution in [0.1, 0.15) is 63.9 Å². The minimum absolute atomic E-state index is 0.0491. The van der Waals surface area contributed by atoms with Gasteiger partial charge in [-0.25, -0.2) is 4.98 Å². The Bertz CT molecular complexity index is 1030. The number of hydrogen-bond donors (Lipinski definition) is 1. The molecule has 1 unspecified atom stereocenters. The maximum Gasteiger partial charge on any atom is 0.243 e. The number of nitrogens with zero attached hydrogens (tertiary/aromatic N) is 3. The molecule has 2 aromatic heterocycles. The number of aromatic nitrogens is 2. The molecule has 1 aliphatic heterocycles. The standard InChI is InChI=1S/C21H27N3O2S.C4H5NO.C2H6/c1-14(2)11-19(25)24-10-4-5-18(24)21(26)22-12-16-6-8-17(9-7-16)20-15(3)23-13-27-20;1-4-2-3-6-5-4;1-2/h6-9,13-14,18H,4-5,10-12H2,1-3H3,(H,22,26);2-3H,1H3;1-2H3. The van der Waals surface area contributed by atoms with E-state index >= 15 is 0 Å². The quantitative estimate of drug-likeness (QED) is 0.465. The van der Waals surface area contributed by atoms with Gasteiger partial charge in [-0.2, -0.15) is 0 Å².